The van der Waals surface area contributed by atoms with E-state index in [4.69, 9.17) is 0 Å². The standard InChI is InChI=1S/C15H18/c1-3-10-5-8(1)12-7-13-9-2-4-11(6-9)15(13)14(10)12/h1-4,8-15H,5-7H2/t8-,9-,10+,11+,12-,13-,14+,15+/m1/s1. The molecule has 8 atom stereocenters. The van der Waals surface area contributed by atoms with Gasteiger partial charge < -0.3 is 0 Å². The number of allylic oxidation sites excluding steroid dienone is 4. The van der Waals surface area contributed by atoms with Crippen molar-refractivity contribution < 1.29 is 0 Å². The second-order valence-corrected chi connectivity index (χ2v) is 6.61. The van der Waals surface area contributed by atoms with Crippen LogP contribution in [0.3, 0.4) is 0 Å². The average molecular weight is 198 g/mol. The van der Waals surface area contributed by atoms with Crippen LogP contribution in [0.25, 0.3) is 0 Å². The van der Waals surface area contributed by atoms with Gasteiger partial charge in [-0.15, -0.1) is 0 Å². The molecule has 0 saturated heterocycles. The van der Waals surface area contributed by atoms with Gasteiger partial charge in [-0.3, -0.25) is 0 Å². The third kappa shape index (κ3) is 0.726. The maximum Gasteiger partial charge on any atom is -0.0194 e. The SMILES string of the molecule is C1=C[C@H]2C[C@@H]1[C@H]1C[C@H]3[C@@H]([C@H]12)[C@H]1C=C[C@@H]3C1. The normalized spacial score (nSPS) is 66.7. The Morgan fingerprint density at radius 3 is 1.53 bits per heavy atom. The van der Waals surface area contributed by atoms with E-state index in [1.807, 2.05) is 0 Å². The molecule has 3 saturated carbocycles. The van der Waals surface area contributed by atoms with Gasteiger partial charge in [0.05, 0.1) is 0 Å². The lowest BCUT2D eigenvalue weighted by molar-refractivity contribution is 0.238. The fourth-order valence-electron chi connectivity index (χ4n) is 6.05. The summed E-state index contributed by atoms with van der Waals surface area (Å²) >= 11 is 0. The van der Waals surface area contributed by atoms with Crippen LogP contribution in [-0.4, -0.2) is 0 Å². The lowest BCUT2D eigenvalue weighted by Gasteiger charge is -2.29. The minimum atomic E-state index is 0.989. The zero-order chi connectivity index (χ0) is 9.57. The fraction of sp³-hybridized carbons (Fsp3) is 0.733. The van der Waals surface area contributed by atoms with Gasteiger partial charge in [0.15, 0.2) is 0 Å². The largest absolute Gasteiger partial charge is 0.0848 e. The summed E-state index contributed by atoms with van der Waals surface area (Å²) in [6, 6.07) is 0. The molecule has 0 aliphatic heterocycles. The van der Waals surface area contributed by atoms with Crippen LogP contribution in [0, 0.1) is 47.3 Å². The predicted molar refractivity (Wildman–Crippen MR) is 60.1 cm³/mol. The van der Waals surface area contributed by atoms with E-state index in [1.165, 1.54) is 12.8 Å². The Labute approximate surface area is 91.4 Å². The van der Waals surface area contributed by atoms with Crippen molar-refractivity contribution in [3.63, 3.8) is 0 Å². The van der Waals surface area contributed by atoms with Gasteiger partial charge in [0, 0.05) is 0 Å². The number of fused-ring (bicyclic) bond motifs is 11. The lowest BCUT2D eigenvalue weighted by atomic mass is 9.75. The summed E-state index contributed by atoms with van der Waals surface area (Å²) in [4.78, 5) is 0. The summed E-state index contributed by atoms with van der Waals surface area (Å²) in [5.74, 6) is 8.36. The van der Waals surface area contributed by atoms with Gasteiger partial charge in [0.2, 0.25) is 0 Å². The Kier molecular flexibility index (Phi) is 1.16. The van der Waals surface area contributed by atoms with E-state index in [0.717, 1.165) is 47.3 Å². The minimum Gasteiger partial charge on any atom is -0.0848 e. The van der Waals surface area contributed by atoms with Gasteiger partial charge in [0.25, 0.3) is 0 Å². The Morgan fingerprint density at radius 1 is 0.533 bits per heavy atom. The van der Waals surface area contributed by atoms with Crippen molar-refractivity contribution >= 4 is 0 Å². The summed E-state index contributed by atoms with van der Waals surface area (Å²) < 4.78 is 0. The molecule has 0 N–H and O–H groups in total. The van der Waals surface area contributed by atoms with Crippen molar-refractivity contribution in [3.8, 4) is 0 Å². The molecule has 5 rings (SSSR count). The first-order valence-corrected chi connectivity index (χ1v) is 6.78. The zero-order valence-corrected chi connectivity index (χ0v) is 9.05. The summed E-state index contributed by atoms with van der Waals surface area (Å²) in [5.41, 5.74) is 0. The summed E-state index contributed by atoms with van der Waals surface area (Å²) in [6.45, 7) is 0. The Bertz CT molecular complexity index is 341. The highest BCUT2D eigenvalue weighted by Crippen LogP contribution is 2.67. The second kappa shape index (κ2) is 2.26. The molecule has 78 valence electrons. The van der Waals surface area contributed by atoms with E-state index in [0.29, 0.717) is 0 Å². The fourth-order valence-corrected chi connectivity index (χ4v) is 6.05. The van der Waals surface area contributed by atoms with Crippen LogP contribution in [0.2, 0.25) is 0 Å². The van der Waals surface area contributed by atoms with Gasteiger partial charge in [0.1, 0.15) is 0 Å². The Balaban J connectivity index is 1.61. The predicted octanol–water partition coefficient (Wildman–Crippen LogP) is 3.27. The highest BCUT2D eigenvalue weighted by atomic mass is 14.6. The van der Waals surface area contributed by atoms with Crippen LogP contribution < -0.4 is 0 Å². The smallest absolute Gasteiger partial charge is 0.0194 e. The van der Waals surface area contributed by atoms with Crippen molar-refractivity contribution in [2.75, 3.05) is 0 Å². The molecule has 5 aliphatic rings. The highest BCUT2D eigenvalue weighted by Gasteiger charge is 2.61. The number of hydrogen-bond acceptors (Lipinski definition) is 0. The van der Waals surface area contributed by atoms with E-state index in [-0.39, 0.29) is 0 Å². The van der Waals surface area contributed by atoms with Gasteiger partial charge in [-0.1, -0.05) is 24.3 Å². The van der Waals surface area contributed by atoms with Gasteiger partial charge in [-0.05, 0) is 66.6 Å². The van der Waals surface area contributed by atoms with E-state index < -0.39 is 0 Å². The lowest BCUT2D eigenvalue weighted by Crippen LogP contribution is -2.24. The zero-order valence-electron chi connectivity index (χ0n) is 9.05. The molecule has 0 heterocycles. The van der Waals surface area contributed by atoms with Crippen LogP contribution in [0.5, 0.6) is 0 Å². The maximum absolute atomic E-state index is 2.56. The summed E-state index contributed by atoms with van der Waals surface area (Å²) in [6.07, 6.45) is 14.8. The topological polar surface area (TPSA) is 0 Å². The van der Waals surface area contributed by atoms with E-state index in [1.54, 1.807) is 6.42 Å². The molecule has 0 spiro atoms. The molecule has 0 aromatic carbocycles. The Morgan fingerprint density at radius 2 is 1.00 bits per heavy atom. The van der Waals surface area contributed by atoms with E-state index in [2.05, 4.69) is 24.3 Å². The van der Waals surface area contributed by atoms with Crippen molar-refractivity contribution in [2.45, 2.75) is 19.3 Å². The molecule has 0 unspecified atom stereocenters. The first-order valence-electron chi connectivity index (χ1n) is 6.78. The highest BCUT2D eigenvalue weighted by molar-refractivity contribution is 5.24. The number of hydrogen-bond donors (Lipinski definition) is 0. The first-order chi connectivity index (χ1) is 7.42. The van der Waals surface area contributed by atoms with Crippen molar-refractivity contribution in [1.29, 1.82) is 0 Å². The molecule has 3 fully saturated rings. The van der Waals surface area contributed by atoms with Crippen LogP contribution in [-0.2, 0) is 0 Å². The molecule has 0 radical (unpaired) electrons. The van der Waals surface area contributed by atoms with Crippen LogP contribution >= 0.6 is 0 Å². The number of rotatable bonds is 0. The van der Waals surface area contributed by atoms with Crippen LogP contribution in [0.4, 0.5) is 0 Å². The maximum atomic E-state index is 2.56. The molecular weight excluding hydrogens is 180 g/mol. The molecule has 5 aliphatic carbocycles. The molecule has 0 aromatic rings. The quantitative estimate of drug-likeness (QED) is 0.524. The molecular formula is C15H18. The molecule has 0 amide bonds. The first kappa shape index (κ1) is 7.70. The molecule has 4 bridgehead atoms. The second-order valence-electron chi connectivity index (χ2n) is 6.61. The van der Waals surface area contributed by atoms with Gasteiger partial charge >= 0.3 is 0 Å². The van der Waals surface area contributed by atoms with E-state index >= 15 is 0 Å². The molecule has 0 aromatic heterocycles. The monoisotopic (exact) mass is 198 g/mol. The van der Waals surface area contributed by atoms with Gasteiger partial charge in [-0.2, -0.15) is 0 Å². The minimum absolute atomic E-state index is 0.989. The average Bonchev–Trinajstić information content (AvgIpc) is 3.02. The van der Waals surface area contributed by atoms with Crippen molar-refractivity contribution in [1.82, 2.24) is 0 Å². The molecule has 0 heteroatoms. The van der Waals surface area contributed by atoms with Crippen molar-refractivity contribution in [2.24, 2.45) is 47.3 Å². The van der Waals surface area contributed by atoms with Crippen LogP contribution in [0.1, 0.15) is 19.3 Å². The van der Waals surface area contributed by atoms with Gasteiger partial charge in [-0.25, -0.2) is 0 Å². The third-order valence-electron chi connectivity index (χ3n) is 6.37. The van der Waals surface area contributed by atoms with E-state index in [9.17, 15) is 0 Å². The molecule has 0 nitrogen and oxygen atoms in total. The summed E-state index contributed by atoms with van der Waals surface area (Å²) in [5, 5.41) is 0. The van der Waals surface area contributed by atoms with Crippen molar-refractivity contribution in [3.05, 3.63) is 24.3 Å². The molecule has 15 heavy (non-hydrogen) atoms. The Hall–Kier alpha value is -0.520. The van der Waals surface area contributed by atoms with Crippen LogP contribution in [0.15, 0.2) is 24.3 Å². The summed E-state index contributed by atoms with van der Waals surface area (Å²) in [7, 11) is 0. The third-order valence-corrected chi connectivity index (χ3v) is 6.37.